The summed E-state index contributed by atoms with van der Waals surface area (Å²) in [5.41, 5.74) is 0.314. The Morgan fingerprint density at radius 1 is 1.08 bits per heavy atom. The molecule has 0 saturated carbocycles. The summed E-state index contributed by atoms with van der Waals surface area (Å²) in [7, 11) is -3.91. The number of halogens is 3. The second-order valence-corrected chi connectivity index (χ2v) is 7.18. The molecule has 1 N–H and O–H groups in total. The maximum absolute atomic E-state index is 13.3. The van der Waals surface area contributed by atoms with Gasteiger partial charge in [0.1, 0.15) is 12.4 Å². The number of anilines is 1. The highest BCUT2D eigenvalue weighted by Crippen LogP contribution is 2.20. The fraction of sp³-hybridized carbons (Fsp3) is 0.188. The summed E-state index contributed by atoms with van der Waals surface area (Å²) >= 11 is 0. The molecule has 9 heteroatoms. The summed E-state index contributed by atoms with van der Waals surface area (Å²) in [4.78, 5) is 12.0. The number of hydrogen-bond donors (Lipinski definition) is 1. The van der Waals surface area contributed by atoms with E-state index in [-0.39, 0.29) is 12.2 Å². The second-order valence-electron chi connectivity index (χ2n) is 5.27. The van der Waals surface area contributed by atoms with E-state index in [1.807, 2.05) is 0 Å². The number of rotatable bonds is 6. The van der Waals surface area contributed by atoms with E-state index in [4.69, 9.17) is 0 Å². The lowest BCUT2D eigenvalue weighted by atomic mass is 10.2. The van der Waals surface area contributed by atoms with Gasteiger partial charge in [0, 0.05) is 12.6 Å². The van der Waals surface area contributed by atoms with Crippen LogP contribution in [0.4, 0.5) is 18.9 Å². The van der Waals surface area contributed by atoms with E-state index in [9.17, 15) is 26.4 Å². The van der Waals surface area contributed by atoms with Gasteiger partial charge in [-0.3, -0.25) is 9.10 Å². The normalized spacial score (nSPS) is 11.2. The van der Waals surface area contributed by atoms with Gasteiger partial charge in [-0.05, 0) is 29.8 Å². The maximum atomic E-state index is 13.3. The summed E-state index contributed by atoms with van der Waals surface area (Å²) in [6, 6.07) is 8.06. The summed E-state index contributed by atoms with van der Waals surface area (Å²) < 4.78 is 63.8. The molecule has 0 aliphatic carbocycles. The molecular weight excluding hydrogens is 357 g/mol. The molecule has 0 fully saturated rings. The lowest BCUT2D eigenvalue weighted by Gasteiger charge is -2.22. The molecule has 0 saturated heterocycles. The van der Waals surface area contributed by atoms with Crippen LogP contribution in [0.25, 0.3) is 0 Å². The molecule has 0 spiro atoms. The van der Waals surface area contributed by atoms with Crippen LogP contribution in [-0.4, -0.2) is 27.1 Å². The highest BCUT2D eigenvalue weighted by atomic mass is 32.2. The molecule has 0 atom stereocenters. The first kappa shape index (κ1) is 18.8. The fourth-order valence-corrected chi connectivity index (χ4v) is 2.92. The molecule has 0 radical (unpaired) electrons. The summed E-state index contributed by atoms with van der Waals surface area (Å²) in [6.07, 6.45) is 0.841. The molecule has 5 nitrogen and oxygen atoms in total. The number of hydrogen-bond acceptors (Lipinski definition) is 3. The zero-order chi connectivity index (χ0) is 18.6. The molecule has 0 aliphatic rings. The predicted octanol–water partition coefficient (Wildman–Crippen LogP) is 2.19. The van der Waals surface area contributed by atoms with E-state index in [2.05, 4.69) is 5.32 Å². The Balaban J connectivity index is 2.11. The van der Waals surface area contributed by atoms with Crippen molar-refractivity contribution in [2.45, 2.75) is 6.54 Å². The van der Waals surface area contributed by atoms with E-state index < -0.39 is 39.9 Å². The standard InChI is InChI=1S/C16H15F3N2O3S/c1-25(23,24)21(13-5-6-14(18)15(19)8-13)10-16(22)20-9-11-3-2-4-12(17)7-11/h2-8H,9-10H2,1H3,(H,20,22). The zero-order valence-corrected chi connectivity index (χ0v) is 14.0. The molecule has 25 heavy (non-hydrogen) atoms. The Morgan fingerprint density at radius 2 is 1.80 bits per heavy atom. The third-order valence-corrected chi connectivity index (χ3v) is 4.40. The fourth-order valence-electron chi connectivity index (χ4n) is 2.07. The van der Waals surface area contributed by atoms with Crippen LogP contribution in [0.1, 0.15) is 5.56 Å². The van der Waals surface area contributed by atoms with Crippen LogP contribution in [0.5, 0.6) is 0 Å². The van der Waals surface area contributed by atoms with Gasteiger partial charge in [-0.1, -0.05) is 12.1 Å². The van der Waals surface area contributed by atoms with Crippen LogP contribution in [0.2, 0.25) is 0 Å². The van der Waals surface area contributed by atoms with Crippen molar-refractivity contribution >= 4 is 21.6 Å². The van der Waals surface area contributed by atoms with Crippen LogP contribution in [-0.2, 0) is 21.4 Å². The van der Waals surface area contributed by atoms with E-state index in [1.54, 1.807) is 6.07 Å². The van der Waals surface area contributed by atoms with E-state index in [0.717, 1.165) is 18.4 Å². The first-order chi connectivity index (χ1) is 11.7. The first-order valence-corrected chi connectivity index (χ1v) is 8.95. The molecule has 0 aromatic heterocycles. The summed E-state index contributed by atoms with van der Waals surface area (Å²) in [6.45, 7) is -0.634. The van der Waals surface area contributed by atoms with Crippen LogP contribution in [0.15, 0.2) is 42.5 Å². The molecule has 2 rings (SSSR count). The number of sulfonamides is 1. The number of nitrogens with zero attached hydrogens (tertiary/aromatic N) is 1. The van der Waals surface area contributed by atoms with Crippen LogP contribution in [0.3, 0.4) is 0 Å². The van der Waals surface area contributed by atoms with E-state index >= 15 is 0 Å². The van der Waals surface area contributed by atoms with Gasteiger partial charge in [-0.25, -0.2) is 21.6 Å². The topological polar surface area (TPSA) is 66.5 Å². The molecular formula is C16H15F3N2O3S. The van der Waals surface area contributed by atoms with Gasteiger partial charge in [0.2, 0.25) is 15.9 Å². The Kier molecular flexibility index (Phi) is 5.68. The van der Waals surface area contributed by atoms with Crippen molar-refractivity contribution < 1.29 is 26.4 Å². The largest absolute Gasteiger partial charge is 0.350 e. The van der Waals surface area contributed by atoms with E-state index in [0.29, 0.717) is 15.9 Å². The van der Waals surface area contributed by atoms with Gasteiger partial charge >= 0.3 is 0 Å². The summed E-state index contributed by atoms with van der Waals surface area (Å²) in [5, 5.41) is 2.44. The van der Waals surface area contributed by atoms with Gasteiger partial charge in [0.15, 0.2) is 11.6 Å². The van der Waals surface area contributed by atoms with E-state index in [1.165, 1.54) is 18.2 Å². The van der Waals surface area contributed by atoms with Gasteiger partial charge in [0.05, 0.1) is 11.9 Å². The Bertz CT molecular complexity index is 888. The van der Waals surface area contributed by atoms with Crippen molar-refractivity contribution in [3.8, 4) is 0 Å². The number of carbonyl (C=O) groups is 1. The highest BCUT2D eigenvalue weighted by molar-refractivity contribution is 7.92. The molecule has 0 bridgehead atoms. The average molecular weight is 372 g/mol. The summed E-state index contributed by atoms with van der Waals surface area (Å²) in [5.74, 6) is -3.51. The number of amides is 1. The van der Waals surface area contributed by atoms with Crippen molar-refractivity contribution in [1.82, 2.24) is 5.32 Å². The third kappa shape index (κ3) is 5.21. The smallest absolute Gasteiger partial charge is 0.241 e. The Labute approximate surface area is 143 Å². The Morgan fingerprint density at radius 3 is 2.40 bits per heavy atom. The quantitative estimate of drug-likeness (QED) is 0.845. The number of carbonyl (C=O) groups excluding carboxylic acids is 1. The van der Waals surface area contributed by atoms with Crippen molar-refractivity contribution in [2.75, 3.05) is 17.1 Å². The van der Waals surface area contributed by atoms with Crippen molar-refractivity contribution in [3.63, 3.8) is 0 Å². The SMILES string of the molecule is CS(=O)(=O)N(CC(=O)NCc1cccc(F)c1)c1ccc(F)c(F)c1. The van der Waals surface area contributed by atoms with Gasteiger partial charge in [0.25, 0.3) is 0 Å². The molecule has 0 aliphatic heterocycles. The molecule has 0 unspecified atom stereocenters. The van der Waals surface area contributed by atoms with Gasteiger partial charge < -0.3 is 5.32 Å². The first-order valence-electron chi connectivity index (χ1n) is 7.11. The highest BCUT2D eigenvalue weighted by Gasteiger charge is 2.22. The monoisotopic (exact) mass is 372 g/mol. The third-order valence-electron chi connectivity index (χ3n) is 3.26. The molecule has 2 aromatic rings. The minimum atomic E-state index is -3.91. The zero-order valence-electron chi connectivity index (χ0n) is 13.2. The molecule has 134 valence electrons. The van der Waals surface area contributed by atoms with Crippen LogP contribution in [0, 0.1) is 17.5 Å². The number of benzene rings is 2. The van der Waals surface area contributed by atoms with Crippen LogP contribution < -0.4 is 9.62 Å². The predicted molar refractivity (Wildman–Crippen MR) is 86.8 cm³/mol. The molecule has 0 heterocycles. The van der Waals surface area contributed by atoms with Crippen molar-refractivity contribution in [2.24, 2.45) is 0 Å². The molecule has 2 aromatic carbocycles. The van der Waals surface area contributed by atoms with Crippen molar-refractivity contribution in [3.05, 3.63) is 65.5 Å². The number of nitrogens with one attached hydrogen (secondary N) is 1. The average Bonchev–Trinajstić information content (AvgIpc) is 2.52. The molecule has 1 amide bonds. The van der Waals surface area contributed by atoms with Crippen molar-refractivity contribution in [1.29, 1.82) is 0 Å². The van der Waals surface area contributed by atoms with Gasteiger partial charge in [-0.15, -0.1) is 0 Å². The maximum Gasteiger partial charge on any atom is 0.241 e. The lowest BCUT2D eigenvalue weighted by molar-refractivity contribution is -0.119. The van der Waals surface area contributed by atoms with Gasteiger partial charge in [-0.2, -0.15) is 0 Å². The Hall–Kier alpha value is -2.55. The minimum absolute atomic E-state index is 0.00796. The second kappa shape index (κ2) is 7.56. The lowest BCUT2D eigenvalue weighted by Crippen LogP contribution is -2.40. The minimum Gasteiger partial charge on any atom is -0.350 e. The van der Waals surface area contributed by atoms with Crippen LogP contribution >= 0.6 is 0 Å².